The fourth-order valence-electron chi connectivity index (χ4n) is 2.40. The molecule has 1 amide bonds. The van der Waals surface area contributed by atoms with Gasteiger partial charge in [0.05, 0.1) is 18.2 Å². The van der Waals surface area contributed by atoms with Crippen LogP contribution in [0.1, 0.15) is 23.0 Å². The molecule has 134 valence electrons. The van der Waals surface area contributed by atoms with Crippen LogP contribution in [0.25, 0.3) is 0 Å². The van der Waals surface area contributed by atoms with E-state index in [1.54, 1.807) is 6.92 Å². The number of carboxylic acid groups (broad SMARTS) is 1. The molecule has 0 saturated carbocycles. The number of morpholine rings is 1. The van der Waals surface area contributed by atoms with Crippen LogP contribution in [0.4, 0.5) is 0 Å². The molecule has 2 rings (SSSR count). The van der Waals surface area contributed by atoms with Crippen molar-refractivity contribution in [2.45, 2.75) is 31.1 Å². The number of aliphatic carboxylic acids is 1. The highest BCUT2D eigenvalue weighted by atomic mass is 32.2. The van der Waals surface area contributed by atoms with E-state index in [0.29, 0.717) is 0 Å². The molecule has 1 saturated heterocycles. The van der Waals surface area contributed by atoms with Crippen LogP contribution in [-0.2, 0) is 19.6 Å². The number of amides is 1. The molecule has 1 fully saturated rings. The summed E-state index contributed by atoms with van der Waals surface area (Å²) in [6.45, 7) is 3.25. The predicted octanol–water partition coefficient (Wildman–Crippen LogP) is 0.152. The third-order valence-electron chi connectivity index (χ3n) is 3.68. The van der Waals surface area contributed by atoms with Crippen molar-refractivity contribution in [3.8, 4) is 0 Å². The molecule has 0 spiro atoms. The van der Waals surface area contributed by atoms with Crippen LogP contribution >= 0.6 is 0 Å². The monoisotopic (exact) mass is 360 g/mol. The average Bonchev–Trinajstić information content (AvgIpc) is 2.88. The summed E-state index contributed by atoms with van der Waals surface area (Å²) in [7, 11) is -1.09. The van der Waals surface area contributed by atoms with Gasteiger partial charge in [-0.05, 0) is 13.8 Å². The summed E-state index contributed by atoms with van der Waals surface area (Å²) in [6.07, 6.45) is -1.56. The van der Waals surface area contributed by atoms with Gasteiger partial charge in [-0.1, -0.05) is 0 Å². The van der Waals surface area contributed by atoms with E-state index < -0.39 is 34.1 Å². The molecule has 9 nitrogen and oxygen atoms in total. The predicted molar refractivity (Wildman–Crippen MR) is 82.2 cm³/mol. The molecule has 1 aliphatic rings. The van der Waals surface area contributed by atoms with Crippen LogP contribution in [0, 0.1) is 6.92 Å². The van der Waals surface area contributed by atoms with Crippen LogP contribution in [0.3, 0.4) is 0 Å². The van der Waals surface area contributed by atoms with Crippen molar-refractivity contribution in [2.24, 2.45) is 0 Å². The standard InChI is InChI=1S/C14H20N2O7S/c1-8-6-16(7-11(22-8)14(18)19)13(17)10-5-12(23-9(10)2)24(20,21)15(3)4/h5,8,11H,6-7H2,1-4H3,(H,18,19)/t8-,11?/m1/s1. The summed E-state index contributed by atoms with van der Waals surface area (Å²) < 4.78 is 35.7. The van der Waals surface area contributed by atoms with Gasteiger partial charge in [-0.15, -0.1) is 0 Å². The molecule has 0 aromatic carbocycles. The van der Waals surface area contributed by atoms with Gasteiger partial charge in [0.15, 0.2) is 6.10 Å². The Kier molecular flexibility index (Phi) is 5.02. The van der Waals surface area contributed by atoms with Crippen LogP contribution in [0.15, 0.2) is 15.6 Å². The van der Waals surface area contributed by atoms with Gasteiger partial charge < -0.3 is 19.2 Å². The van der Waals surface area contributed by atoms with Crippen molar-refractivity contribution in [3.63, 3.8) is 0 Å². The van der Waals surface area contributed by atoms with Gasteiger partial charge in [-0.2, -0.15) is 0 Å². The van der Waals surface area contributed by atoms with Gasteiger partial charge in [0.25, 0.3) is 15.9 Å². The first kappa shape index (κ1) is 18.4. The summed E-state index contributed by atoms with van der Waals surface area (Å²) in [6, 6.07) is 1.17. The molecule has 0 radical (unpaired) electrons. The lowest BCUT2D eigenvalue weighted by Gasteiger charge is -2.34. The first-order chi connectivity index (χ1) is 11.0. The lowest BCUT2D eigenvalue weighted by Crippen LogP contribution is -2.51. The van der Waals surface area contributed by atoms with E-state index in [4.69, 9.17) is 14.3 Å². The molecule has 1 unspecified atom stereocenters. The Morgan fingerprint density at radius 3 is 2.50 bits per heavy atom. The van der Waals surface area contributed by atoms with Crippen LogP contribution in [-0.4, -0.2) is 74.0 Å². The minimum absolute atomic E-state index is 0.0914. The summed E-state index contributed by atoms with van der Waals surface area (Å²) in [5.41, 5.74) is 0.0914. The first-order valence-electron chi connectivity index (χ1n) is 7.24. The van der Waals surface area contributed by atoms with E-state index in [-0.39, 0.29) is 29.5 Å². The molecule has 2 heterocycles. The number of carbonyl (C=O) groups is 2. The van der Waals surface area contributed by atoms with Crippen LogP contribution < -0.4 is 0 Å². The highest BCUT2D eigenvalue weighted by Crippen LogP contribution is 2.24. The number of carbonyl (C=O) groups excluding carboxylic acids is 1. The van der Waals surface area contributed by atoms with Crippen LogP contribution in [0.2, 0.25) is 0 Å². The van der Waals surface area contributed by atoms with E-state index in [0.717, 1.165) is 4.31 Å². The molecule has 0 aliphatic carbocycles. The van der Waals surface area contributed by atoms with Crippen molar-refractivity contribution >= 4 is 21.9 Å². The van der Waals surface area contributed by atoms with Crippen molar-refractivity contribution in [3.05, 3.63) is 17.4 Å². The maximum atomic E-state index is 12.7. The second-order valence-electron chi connectivity index (χ2n) is 5.81. The normalized spacial score (nSPS) is 22.0. The fourth-order valence-corrected chi connectivity index (χ4v) is 3.26. The number of furan rings is 1. The maximum Gasteiger partial charge on any atom is 0.334 e. The van der Waals surface area contributed by atoms with Crippen molar-refractivity contribution in [2.75, 3.05) is 27.2 Å². The second-order valence-corrected chi connectivity index (χ2v) is 7.89. The van der Waals surface area contributed by atoms with Gasteiger partial charge in [-0.25, -0.2) is 17.5 Å². The van der Waals surface area contributed by atoms with E-state index in [2.05, 4.69) is 0 Å². The molecule has 0 bridgehead atoms. The minimum atomic E-state index is -3.80. The maximum absolute atomic E-state index is 12.7. The number of nitrogens with zero attached hydrogens (tertiary/aromatic N) is 2. The minimum Gasteiger partial charge on any atom is -0.479 e. The average molecular weight is 360 g/mol. The van der Waals surface area contributed by atoms with E-state index in [1.165, 1.54) is 32.0 Å². The molecule has 1 aromatic heterocycles. The smallest absolute Gasteiger partial charge is 0.334 e. The summed E-state index contributed by atoms with van der Waals surface area (Å²) >= 11 is 0. The SMILES string of the molecule is Cc1oc(S(=O)(=O)N(C)C)cc1C(=O)N1CC(C(=O)O)O[C@H](C)C1. The van der Waals surface area contributed by atoms with E-state index >= 15 is 0 Å². The summed E-state index contributed by atoms with van der Waals surface area (Å²) in [5.74, 6) is -1.48. The van der Waals surface area contributed by atoms with Crippen molar-refractivity contribution in [1.82, 2.24) is 9.21 Å². The van der Waals surface area contributed by atoms with Gasteiger partial charge in [0.2, 0.25) is 5.09 Å². The Labute approximate surface area is 139 Å². The lowest BCUT2D eigenvalue weighted by atomic mass is 10.1. The summed E-state index contributed by atoms with van der Waals surface area (Å²) in [5, 5.41) is 8.76. The highest BCUT2D eigenvalue weighted by Gasteiger charge is 2.35. The zero-order valence-electron chi connectivity index (χ0n) is 13.8. The highest BCUT2D eigenvalue weighted by molar-refractivity contribution is 7.88. The molecular weight excluding hydrogens is 340 g/mol. The fraction of sp³-hybridized carbons (Fsp3) is 0.571. The van der Waals surface area contributed by atoms with Gasteiger partial charge in [0.1, 0.15) is 5.76 Å². The number of hydrogen-bond donors (Lipinski definition) is 1. The van der Waals surface area contributed by atoms with Gasteiger partial charge in [-0.3, -0.25) is 4.79 Å². The number of ether oxygens (including phenoxy) is 1. The third kappa shape index (κ3) is 3.45. The summed E-state index contributed by atoms with van der Waals surface area (Å²) in [4.78, 5) is 25.1. The third-order valence-corrected chi connectivity index (χ3v) is 5.35. The molecule has 1 N–H and O–H groups in total. The molecule has 10 heteroatoms. The quantitative estimate of drug-likeness (QED) is 0.812. The Hall–Kier alpha value is -1.91. The Balaban J connectivity index is 2.30. The zero-order chi connectivity index (χ0) is 18.2. The molecule has 1 aromatic rings. The lowest BCUT2D eigenvalue weighted by molar-refractivity contribution is -0.160. The molecule has 24 heavy (non-hydrogen) atoms. The molecular formula is C14H20N2O7S. The number of carboxylic acids is 1. The Morgan fingerprint density at radius 2 is 1.96 bits per heavy atom. The topological polar surface area (TPSA) is 117 Å². The first-order valence-corrected chi connectivity index (χ1v) is 8.68. The Morgan fingerprint density at radius 1 is 1.33 bits per heavy atom. The largest absolute Gasteiger partial charge is 0.479 e. The molecule has 1 aliphatic heterocycles. The number of sulfonamides is 1. The number of rotatable bonds is 4. The van der Waals surface area contributed by atoms with Crippen LogP contribution in [0.5, 0.6) is 0 Å². The number of aryl methyl sites for hydroxylation is 1. The Bertz CT molecular complexity index is 753. The zero-order valence-corrected chi connectivity index (χ0v) is 14.7. The van der Waals surface area contributed by atoms with E-state index in [9.17, 15) is 18.0 Å². The van der Waals surface area contributed by atoms with E-state index in [1.807, 2.05) is 0 Å². The van der Waals surface area contributed by atoms with Gasteiger partial charge in [0, 0.05) is 26.7 Å². The second kappa shape index (κ2) is 6.54. The van der Waals surface area contributed by atoms with Gasteiger partial charge >= 0.3 is 5.97 Å². The van der Waals surface area contributed by atoms with Crippen molar-refractivity contribution in [1.29, 1.82) is 0 Å². The van der Waals surface area contributed by atoms with Crippen molar-refractivity contribution < 1.29 is 32.3 Å². The number of hydrogen-bond acceptors (Lipinski definition) is 6. The molecule has 2 atom stereocenters.